The fraction of sp³-hybridized carbons (Fsp3) is 0.154. The van der Waals surface area contributed by atoms with Crippen molar-refractivity contribution in [3.8, 4) is 5.75 Å². The zero-order chi connectivity index (χ0) is 13.7. The molecule has 2 rings (SSSR count). The van der Waals surface area contributed by atoms with E-state index in [9.17, 15) is 4.39 Å². The van der Waals surface area contributed by atoms with Crippen LogP contribution in [0.1, 0.15) is 5.76 Å². The molecule has 0 aliphatic rings. The number of benzene rings is 1. The van der Waals surface area contributed by atoms with Crippen LogP contribution < -0.4 is 10.5 Å². The SMILES string of the molecule is NC(CCl)=Nc1cc(F)ccc1OCc1ccco1. The molecule has 0 amide bonds. The first-order valence-electron chi connectivity index (χ1n) is 5.53. The number of hydrogen-bond acceptors (Lipinski definition) is 3. The van der Waals surface area contributed by atoms with Crippen molar-refractivity contribution in [3.63, 3.8) is 0 Å². The average Bonchev–Trinajstić information content (AvgIpc) is 2.91. The number of nitrogens with two attached hydrogens (primary N) is 1. The minimum atomic E-state index is -0.425. The van der Waals surface area contributed by atoms with E-state index < -0.39 is 5.82 Å². The molecule has 1 aromatic heterocycles. The number of furan rings is 1. The molecule has 0 saturated heterocycles. The van der Waals surface area contributed by atoms with Gasteiger partial charge in [0.2, 0.25) is 0 Å². The first kappa shape index (κ1) is 13.4. The minimum Gasteiger partial charge on any atom is -0.483 e. The first-order chi connectivity index (χ1) is 9.19. The molecule has 0 aliphatic carbocycles. The number of hydrogen-bond donors (Lipinski definition) is 1. The van der Waals surface area contributed by atoms with E-state index in [1.54, 1.807) is 18.4 Å². The molecular formula is C13H12ClFN2O2. The predicted octanol–water partition coefficient (Wildman–Crippen LogP) is 3.23. The van der Waals surface area contributed by atoms with Gasteiger partial charge in [-0.15, -0.1) is 11.6 Å². The molecule has 0 saturated carbocycles. The van der Waals surface area contributed by atoms with Crippen molar-refractivity contribution >= 4 is 23.1 Å². The van der Waals surface area contributed by atoms with Crippen LogP contribution in [0.2, 0.25) is 0 Å². The molecule has 1 aromatic carbocycles. The van der Waals surface area contributed by atoms with Gasteiger partial charge in [0.05, 0.1) is 12.1 Å². The van der Waals surface area contributed by atoms with Crippen molar-refractivity contribution in [2.45, 2.75) is 6.61 Å². The lowest BCUT2D eigenvalue weighted by molar-refractivity contribution is 0.271. The van der Waals surface area contributed by atoms with Gasteiger partial charge < -0.3 is 14.9 Å². The second-order valence-corrected chi connectivity index (χ2v) is 3.98. The summed E-state index contributed by atoms with van der Waals surface area (Å²) < 4.78 is 23.9. The Bertz CT molecular complexity index is 570. The van der Waals surface area contributed by atoms with Crippen molar-refractivity contribution in [1.82, 2.24) is 0 Å². The molecule has 6 heteroatoms. The third-order valence-electron chi connectivity index (χ3n) is 2.27. The molecule has 1 heterocycles. The Labute approximate surface area is 114 Å². The number of nitrogens with zero attached hydrogens (tertiary/aromatic N) is 1. The summed E-state index contributed by atoms with van der Waals surface area (Å²) in [4.78, 5) is 4.01. The highest BCUT2D eigenvalue weighted by molar-refractivity contribution is 6.28. The van der Waals surface area contributed by atoms with E-state index in [1.807, 2.05) is 0 Å². The molecule has 0 radical (unpaired) electrons. The summed E-state index contributed by atoms with van der Waals surface area (Å²) in [7, 11) is 0. The number of halogens is 2. The van der Waals surface area contributed by atoms with Gasteiger partial charge in [0.15, 0.2) is 0 Å². The van der Waals surface area contributed by atoms with Gasteiger partial charge in [-0.05, 0) is 24.3 Å². The smallest absolute Gasteiger partial charge is 0.146 e. The molecule has 19 heavy (non-hydrogen) atoms. The number of ether oxygens (including phenoxy) is 1. The van der Waals surface area contributed by atoms with Crippen molar-refractivity contribution < 1.29 is 13.5 Å². The van der Waals surface area contributed by atoms with Crippen LogP contribution in [0.3, 0.4) is 0 Å². The Morgan fingerprint density at radius 3 is 2.95 bits per heavy atom. The lowest BCUT2D eigenvalue weighted by Crippen LogP contribution is -2.12. The van der Waals surface area contributed by atoms with Gasteiger partial charge in [-0.2, -0.15) is 0 Å². The Morgan fingerprint density at radius 1 is 1.42 bits per heavy atom. The van der Waals surface area contributed by atoms with Crippen LogP contribution in [-0.2, 0) is 6.61 Å². The molecule has 0 aliphatic heterocycles. The summed E-state index contributed by atoms with van der Waals surface area (Å²) in [5.74, 6) is 0.894. The van der Waals surface area contributed by atoms with Gasteiger partial charge in [-0.3, -0.25) is 0 Å². The minimum absolute atomic E-state index is 0.0636. The Kier molecular flexibility index (Phi) is 4.41. The molecule has 100 valence electrons. The van der Waals surface area contributed by atoms with Crippen molar-refractivity contribution in [2.24, 2.45) is 10.7 Å². The van der Waals surface area contributed by atoms with Crippen molar-refractivity contribution in [3.05, 3.63) is 48.2 Å². The topological polar surface area (TPSA) is 60.8 Å². The fourth-order valence-electron chi connectivity index (χ4n) is 1.43. The highest BCUT2D eigenvalue weighted by atomic mass is 35.5. The fourth-order valence-corrected chi connectivity index (χ4v) is 1.49. The Balaban J connectivity index is 2.19. The molecule has 0 fully saturated rings. The summed E-state index contributed by atoms with van der Waals surface area (Å²) in [6, 6.07) is 7.54. The molecule has 0 bridgehead atoms. The van der Waals surface area contributed by atoms with Crippen LogP contribution in [0.15, 0.2) is 46.0 Å². The highest BCUT2D eigenvalue weighted by Crippen LogP contribution is 2.29. The van der Waals surface area contributed by atoms with E-state index >= 15 is 0 Å². The zero-order valence-electron chi connectivity index (χ0n) is 9.98. The van der Waals surface area contributed by atoms with E-state index in [2.05, 4.69) is 4.99 Å². The molecule has 0 atom stereocenters. The lowest BCUT2D eigenvalue weighted by atomic mass is 10.3. The van der Waals surface area contributed by atoms with Gasteiger partial charge in [0, 0.05) is 6.07 Å². The van der Waals surface area contributed by atoms with E-state index in [4.69, 9.17) is 26.5 Å². The number of alkyl halides is 1. The van der Waals surface area contributed by atoms with Crippen molar-refractivity contribution in [2.75, 3.05) is 5.88 Å². The third kappa shape index (κ3) is 3.72. The summed E-state index contributed by atoms with van der Waals surface area (Å²) in [5.41, 5.74) is 5.83. The van der Waals surface area contributed by atoms with Crippen LogP contribution in [0.4, 0.5) is 10.1 Å². The van der Waals surface area contributed by atoms with Crippen LogP contribution in [0.5, 0.6) is 5.75 Å². The summed E-state index contributed by atoms with van der Waals surface area (Å²) in [6.07, 6.45) is 1.55. The van der Waals surface area contributed by atoms with Crippen LogP contribution in [0, 0.1) is 5.82 Å². The maximum Gasteiger partial charge on any atom is 0.146 e. The van der Waals surface area contributed by atoms with E-state index in [0.29, 0.717) is 17.2 Å². The molecule has 2 N–H and O–H groups in total. The lowest BCUT2D eigenvalue weighted by Gasteiger charge is -2.08. The molecule has 4 nitrogen and oxygen atoms in total. The van der Waals surface area contributed by atoms with Crippen LogP contribution in [0.25, 0.3) is 0 Å². The number of rotatable bonds is 5. The maximum absolute atomic E-state index is 13.2. The second-order valence-electron chi connectivity index (χ2n) is 3.72. The summed E-state index contributed by atoms with van der Waals surface area (Å²) in [5, 5.41) is 0. The quantitative estimate of drug-likeness (QED) is 0.520. The van der Waals surface area contributed by atoms with Gasteiger partial charge in [0.1, 0.15) is 35.5 Å². The summed E-state index contributed by atoms with van der Waals surface area (Å²) in [6.45, 7) is 0.224. The predicted molar refractivity (Wildman–Crippen MR) is 71.4 cm³/mol. The standard InChI is InChI=1S/C13H12ClFN2O2/c14-7-13(16)17-11-6-9(15)3-4-12(11)19-8-10-2-1-5-18-10/h1-6H,7-8H2,(H2,16,17). The molecule has 2 aromatic rings. The summed E-state index contributed by atoms with van der Waals surface area (Å²) >= 11 is 5.55. The Hall–Kier alpha value is -2.01. The van der Waals surface area contributed by atoms with E-state index in [0.717, 1.165) is 0 Å². The molecule has 0 spiro atoms. The first-order valence-corrected chi connectivity index (χ1v) is 6.06. The molecular weight excluding hydrogens is 271 g/mol. The third-order valence-corrected chi connectivity index (χ3v) is 2.55. The maximum atomic E-state index is 13.2. The van der Waals surface area contributed by atoms with Crippen LogP contribution in [-0.4, -0.2) is 11.7 Å². The second kappa shape index (κ2) is 6.24. The Morgan fingerprint density at radius 2 is 2.26 bits per heavy atom. The number of amidine groups is 1. The van der Waals surface area contributed by atoms with Gasteiger partial charge in [0.25, 0.3) is 0 Å². The van der Waals surface area contributed by atoms with Gasteiger partial charge in [-0.1, -0.05) is 0 Å². The van der Waals surface area contributed by atoms with Crippen LogP contribution >= 0.6 is 11.6 Å². The largest absolute Gasteiger partial charge is 0.483 e. The zero-order valence-corrected chi connectivity index (χ0v) is 10.7. The average molecular weight is 283 g/mol. The highest BCUT2D eigenvalue weighted by Gasteiger charge is 2.07. The van der Waals surface area contributed by atoms with E-state index in [1.165, 1.54) is 18.2 Å². The van der Waals surface area contributed by atoms with E-state index in [-0.39, 0.29) is 18.3 Å². The van der Waals surface area contributed by atoms with Crippen molar-refractivity contribution in [1.29, 1.82) is 0 Å². The molecule has 0 unspecified atom stereocenters. The van der Waals surface area contributed by atoms with Gasteiger partial charge >= 0.3 is 0 Å². The van der Waals surface area contributed by atoms with Gasteiger partial charge in [-0.25, -0.2) is 9.38 Å². The normalized spacial score (nSPS) is 11.6. The monoisotopic (exact) mass is 282 g/mol. The number of aliphatic imine (C=N–C) groups is 1.